The largest absolute Gasteiger partial charge is 0.319 e. The van der Waals surface area contributed by atoms with Gasteiger partial charge in [-0.05, 0) is 24.3 Å². The lowest BCUT2D eigenvalue weighted by atomic mass is 10.1. The van der Waals surface area contributed by atoms with Crippen molar-refractivity contribution in [3.05, 3.63) is 58.9 Å². The van der Waals surface area contributed by atoms with E-state index in [1.54, 1.807) is 18.2 Å². The summed E-state index contributed by atoms with van der Waals surface area (Å²) in [5.74, 6) is -0.720. The molecule has 102 valence electrons. The molecule has 1 aliphatic heterocycles. The minimum Gasteiger partial charge on any atom is -0.319 e. The van der Waals surface area contributed by atoms with Crippen molar-refractivity contribution in [2.24, 2.45) is 0 Å². The third-order valence-corrected chi connectivity index (χ3v) is 4.35. The summed E-state index contributed by atoms with van der Waals surface area (Å²) in [6.07, 6.45) is 1.71. The summed E-state index contributed by atoms with van der Waals surface area (Å²) in [7, 11) is 0. The van der Waals surface area contributed by atoms with Crippen molar-refractivity contribution in [2.45, 2.75) is 0 Å². The van der Waals surface area contributed by atoms with Crippen LogP contribution in [-0.2, 0) is 4.79 Å². The number of hydrogen-bond acceptors (Lipinski definition) is 3. The summed E-state index contributed by atoms with van der Waals surface area (Å²) in [6, 6.07) is 12.4. The molecule has 3 nitrogen and oxygen atoms in total. The number of carbonyl (C=O) groups excluding carboxylic acids is 1. The molecule has 2 aromatic carbocycles. The Hall–Kier alpha value is -2.53. The van der Waals surface area contributed by atoms with E-state index >= 15 is 0 Å². The average Bonchev–Trinajstić information content (AvgIpc) is 3.02. The van der Waals surface area contributed by atoms with Crippen LogP contribution in [0.2, 0.25) is 0 Å². The normalized spacial score (nSPS) is 15.5. The fraction of sp³-hybridized carbons (Fsp3) is 0. The highest BCUT2D eigenvalue weighted by Gasteiger charge is 2.26. The Morgan fingerprint density at radius 1 is 1.14 bits per heavy atom. The number of fused-ring (bicyclic) bond motifs is 2. The zero-order chi connectivity index (χ0) is 14.4. The van der Waals surface area contributed by atoms with E-state index in [0.717, 1.165) is 15.2 Å². The smallest absolute Gasteiger partial charge is 0.256 e. The molecular formula is C16H9FN2OS. The molecule has 1 aromatic heterocycles. The van der Waals surface area contributed by atoms with Gasteiger partial charge in [0, 0.05) is 5.56 Å². The summed E-state index contributed by atoms with van der Waals surface area (Å²) in [5, 5.41) is 3.30. The molecule has 4 rings (SSSR count). The molecular weight excluding hydrogens is 287 g/mol. The number of aromatic nitrogens is 1. The number of benzene rings is 2. The second kappa shape index (κ2) is 4.49. The van der Waals surface area contributed by atoms with E-state index in [4.69, 9.17) is 0 Å². The highest BCUT2D eigenvalue weighted by atomic mass is 32.1. The SMILES string of the molecule is O=C1Nc2c(F)cccc2/C1=C/c1nc2ccccc2s1. The third-order valence-electron chi connectivity index (χ3n) is 3.37. The number of para-hydroxylation sites is 2. The maximum atomic E-state index is 13.7. The van der Waals surface area contributed by atoms with Crippen molar-refractivity contribution in [3.8, 4) is 0 Å². The minimum absolute atomic E-state index is 0.245. The monoisotopic (exact) mass is 296 g/mol. The number of carbonyl (C=O) groups is 1. The first-order valence-electron chi connectivity index (χ1n) is 6.40. The van der Waals surface area contributed by atoms with Crippen LogP contribution in [0.5, 0.6) is 0 Å². The second-order valence-corrected chi connectivity index (χ2v) is 5.76. The van der Waals surface area contributed by atoms with Gasteiger partial charge in [0.1, 0.15) is 10.8 Å². The van der Waals surface area contributed by atoms with Crippen LogP contribution in [0.3, 0.4) is 0 Å². The van der Waals surface area contributed by atoms with Gasteiger partial charge in [0.15, 0.2) is 0 Å². The summed E-state index contributed by atoms with van der Waals surface area (Å²) in [5.41, 5.74) is 2.17. The summed E-state index contributed by atoms with van der Waals surface area (Å²) >= 11 is 1.50. The van der Waals surface area contributed by atoms with Crippen LogP contribution in [0.1, 0.15) is 10.6 Å². The number of thiazole rings is 1. The van der Waals surface area contributed by atoms with Gasteiger partial charge in [-0.2, -0.15) is 0 Å². The zero-order valence-corrected chi connectivity index (χ0v) is 11.6. The lowest BCUT2D eigenvalue weighted by Gasteiger charge is -1.97. The van der Waals surface area contributed by atoms with Crippen molar-refractivity contribution < 1.29 is 9.18 Å². The van der Waals surface area contributed by atoms with Crippen LogP contribution in [0.15, 0.2) is 42.5 Å². The third kappa shape index (κ3) is 1.94. The van der Waals surface area contributed by atoms with Gasteiger partial charge in [-0.1, -0.05) is 24.3 Å². The Bertz CT molecular complexity index is 881. The Balaban J connectivity index is 1.86. The number of hydrogen-bond donors (Lipinski definition) is 1. The summed E-state index contributed by atoms with van der Waals surface area (Å²) in [6.45, 7) is 0. The first-order chi connectivity index (χ1) is 10.2. The molecule has 5 heteroatoms. The van der Waals surface area contributed by atoms with Crippen molar-refractivity contribution in [2.75, 3.05) is 5.32 Å². The van der Waals surface area contributed by atoms with Gasteiger partial charge in [-0.3, -0.25) is 4.79 Å². The van der Waals surface area contributed by atoms with Crippen LogP contribution in [0.25, 0.3) is 21.9 Å². The zero-order valence-electron chi connectivity index (χ0n) is 10.8. The van der Waals surface area contributed by atoms with Gasteiger partial charge in [-0.25, -0.2) is 9.37 Å². The number of rotatable bonds is 1. The molecule has 0 fully saturated rings. The van der Waals surface area contributed by atoms with Gasteiger partial charge >= 0.3 is 0 Å². The van der Waals surface area contributed by atoms with Gasteiger partial charge in [0.2, 0.25) is 0 Å². The number of nitrogens with one attached hydrogen (secondary N) is 1. The Kier molecular flexibility index (Phi) is 2.62. The number of amides is 1. The summed E-state index contributed by atoms with van der Waals surface area (Å²) < 4.78 is 14.7. The molecule has 0 saturated heterocycles. The van der Waals surface area contributed by atoms with Gasteiger partial charge in [0.05, 0.1) is 21.5 Å². The first kappa shape index (κ1) is 12.2. The molecule has 1 amide bonds. The maximum Gasteiger partial charge on any atom is 0.256 e. The molecule has 0 aliphatic carbocycles. The van der Waals surface area contributed by atoms with Gasteiger partial charge in [0.25, 0.3) is 5.91 Å². The lowest BCUT2D eigenvalue weighted by molar-refractivity contribution is -0.110. The molecule has 0 spiro atoms. The van der Waals surface area contributed by atoms with E-state index in [2.05, 4.69) is 10.3 Å². The number of nitrogens with zero attached hydrogens (tertiary/aromatic N) is 1. The van der Waals surface area contributed by atoms with E-state index in [1.807, 2.05) is 24.3 Å². The van der Waals surface area contributed by atoms with Gasteiger partial charge in [-0.15, -0.1) is 11.3 Å². The quantitative estimate of drug-likeness (QED) is 0.691. The standard InChI is InChI=1S/C16H9FN2OS/c17-11-5-3-4-9-10(16(20)19-15(9)11)8-14-18-12-6-1-2-7-13(12)21-14/h1-8H,(H,19,20)/b10-8-. The Morgan fingerprint density at radius 2 is 2.00 bits per heavy atom. The van der Waals surface area contributed by atoms with Crippen molar-refractivity contribution in [3.63, 3.8) is 0 Å². The lowest BCUT2D eigenvalue weighted by Crippen LogP contribution is -2.04. The van der Waals surface area contributed by atoms with Crippen LogP contribution < -0.4 is 5.32 Å². The summed E-state index contributed by atoms with van der Waals surface area (Å²) in [4.78, 5) is 16.5. The fourth-order valence-corrected chi connectivity index (χ4v) is 3.31. The molecule has 1 aliphatic rings. The highest BCUT2D eigenvalue weighted by molar-refractivity contribution is 7.19. The van der Waals surface area contributed by atoms with E-state index < -0.39 is 5.82 Å². The molecule has 1 N–H and O–H groups in total. The molecule has 21 heavy (non-hydrogen) atoms. The second-order valence-electron chi connectivity index (χ2n) is 4.69. The molecule has 0 bridgehead atoms. The topological polar surface area (TPSA) is 42.0 Å². The molecule has 0 unspecified atom stereocenters. The number of halogens is 1. The predicted molar refractivity (Wildman–Crippen MR) is 82.5 cm³/mol. The highest BCUT2D eigenvalue weighted by Crippen LogP contribution is 2.35. The number of anilines is 1. The maximum absolute atomic E-state index is 13.7. The average molecular weight is 296 g/mol. The van der Waals surface area contributed by atoms with Crippen LogP contribution in [-0.4, -0.2) is 10.9 Å². The van der Waals surface area contributed by atoms with Crippen molar-refractivity contribution in [1.29, 1.82) is 0 Å². The van der Waals surface area contributed by atoms with E-state index in [1.165, 1.54) is 17.4 Å². The molecule has 0 atom stereocenters. The Labute approximate surface area is 123 Å². The fourth-order valence-electron chi connectivity index (χ4n) is 2.40. The molecule has 3 aromatic rings. The van der Waals surface area contributed by atoms with E-state index in [9.17, 15) is 9.18 Å². The first-order valence-corrected chi connectivity index (χ1v) is 7.21. The molecule has 0 saturated carbocycles. The van der Waals surface area contributed by atoms with Gasteiger partial charge < -0.3 is 5.32 Å². The Morgan fingerprint density at radius 3 is 2.86 bits per heavy atom. The van der Waals surface area contributed by atoms with Crippen LogP contribution in [0.4, 0.5) is 10.1 Å². The van der Waals surface area contributed by atoms with Crippen LogP contribution >= 0.6 is 11.3 Å². The molecule has 0 radical (unpaired) electrons. The molecule has 2 heterocycles. The van der Waals surface area contributed by atoms with E-state index in [0.29, 0.717) is 11.1 Å². The van der Waals surface area contributed by atoms with Crippen molar-refractivity contribution in [1.82, 2.24) is 4.98 Å². The van der Waals surface area contributed by atoms with E-state index in [-0.39, 0.29) is 11.6 Å². The van der Waals surface area contributed by atoms with Crippen molar-refractivity contribution >= 4 is 44.8 Å². The predicted octanol–water partition coefficient (Wildman–Crippen LogP) is 3.93. The minimum atomic E-state index is -0.423. The van der Waals surface area contributed by atoms with Crippen LogP contribution in [0, 0.1) is 5.82 Å².